The van der Waals surface area contributed by atoms with Crippen LogP contribution in [0.25, 0.3) is 0 Å². The summed E-state index contributed by atoms with van der Waals surface area (Å²) in [6.07, 6.45) is 0. The minimum absolute atomic E-state index is 0.265. The van der Waals surface area contributed by atoms with Gasteiger partial charge in [-0.25, -0.2) is 4.79 Å². The highest BCUT2D eigenvalue weighted by atomic mass is 35.5. The van der Waals surface area contributed by atoms with E-state index in [1.165, 1.54) is 19.1 Å². The summed E-state index contributed by atoms with van der Waals surface area (Å²) in [5.74, 6) is -1.70. The van der Waals surface area contributed by atoms with Gasteiger partial charge in [0, 0.05) is 10.6 Å². The number of benzene rings is 2. The Morgan fingerprint density at radius 3 is 2.52 bits per heavy atom. The van der Waals surface area contributed by atoms with Crippen LogP contribution in [0.1, 0.15) is 22.8 Å². The number of carbonyl (C=O) groups is 3. The predicted octanol–water partition coefficient (Wildman–Crippen LogP) is 3.60. The number of amides is 2. The van der Waals surface area contributed by atoms with Crippen molar-refractivity contribution in [1.82, 2.24) is 5.32 Å². The lowest BCUT2D eigenvalue weighted by atomic mass is 10.1. The van der Waals surface area contributed by atoms with Gasteiger partial charge in [0.1, 0.15) is 6.04 Å². The summed E-state index contributed by atoms with van der Waals surface area (Å²) in [6.45, 7) is 2.83. The molecule has 8 heteroatoms. The van der Waals surface area contributed by atoms with Gasteiger partial charge in [0.25, 0.3) is 11.8 Å². The minimum atomic E-state index is -0.912. The fourth-order valence-corrected chi connectivity index (χ4v) is 2.62. The molecule has 0 aliphatic carbocycles. The highest BCUT2D eigenvalue weighted by Gasteiger charge is 2.19. The number of halogens is 2. The van der Waals surface area contributed by atoms with Crippen molar-refractivity contribution in [2.24, 2.45) is 0 Å². The summed E-state index contributed by atoms with van der Waals surface area (Å²) >= 11 is 11.7. The van der Waals surface area contributed by atoms with Gasteiger partial charge in [0.05, 0.1) is 10.7 Å². The normalized spacial score (nSPS) is 11.4. The zero-order chi connectivity index (χ0) is 20.0. The molecule has 1 atom stereocenters. The van der Waals surface area contributed by atoms with Crippen molar-refractivity contribution < 1.29 is 19.1 Å². The lowest BCUT2D eigenvalue weighted by Crippen LogP contribution is -2.40. The molecule has 2 amide bonds. The van der Waals surface area contributed by atoms with Gasteiger partial charge in [0.15, 0.2) is 6.61 Å². The fourth-order valence-electron chi connectivity index (χ4n) is 2.16. The lowest BCUT2D eigenvalue weighted by molar-refractivity contribution is -0.148. The van der Waals surface area contributed by atoms with E-state index in [-0.39, 0.29) is 5.02 Å². The van der Waals surface area contributed by atoms with E-state index in [9.17, 15) is 14.4 Å². The molecule has 0 unspecified atom stereocenters. The average molecular weight is 409 g/mol. The number of nitrogens with one attached hydrogen (secondary N) is 2. The highest BCUT2D eigenvalue weighted by molar-refractivity contribution is 6.36. The Labute approximate surface area is 166 Å². The van der Waals surface area contributed by atoms with Gasteiger partial charge in [-0.15, -0.1) is 0 Å². The number of ether oxygens (including phenoxy) is 1. The number of esters is 1. The second kappa shape index (κ2) is 9.39. The van der Waals surface area contributed by atoms with Crippen LogP contribution in [-0.2, 0) is 14.3 Å². The average Bonchev–Trinajstić information content (AvgIpc) is 2.62. The standard InChI is InChI=1S/C19H18Cl2N2O4/c1-11-4-3-5-13(8-11)18(25)22-12(2)19(26)27-10-17(24)23-16-7-6-14(20)9-15(16)21/h3-9,12H,10H2,1-2H3,(H,22,25)(H,23,24)/t12-/m0/s1. The third-order valence-electron chi connectivity index (χ3n) is 3.53. The predicted molar refractivity (Wildman–Crippen MR) is 104 cm³/mol. The third kappa shape index (κ3) is 6.27. The van der Waals surface area contributed by atoms with E-state index in [0.29, 0.717) is 16.3 Å². The van der Waals surface area contributed by atoms with Crippen molar-refractivity contribution in [3.63, 3.8) is 0 Å². The van der Waals surface area contributed by atoms with Crippen molar-refractivity contribution in [3.8, 4) is 0 Å². The topological polar surface area (TPSA) is 84.5 Å². The number of anilines is 1. The molecule has 2 aromatic carbocycles. The molecular formula is C19H18Cl2N2O4. The molecule has 0 saturated heterocycles. The summed E-state index contributed by atoms with van der Waals surface area (Å²) in [4.78, 5) is 36.0. The van der Waals surface area contributed by atoms with Crippen LogP contribution in [0.5, 0.6) is 0 Å². The zero-order valence-electron chi connectivity index (χ0n) is 14.7. The maximum atomic E-state index is 12.1. The summed E-state index contributed by atoms with van der Waals surface area (Å²) in [5.41, 5.74) is 1.71. The Balaban J connectivity index is 1.83. The van der Waals surface area contributed by atoms with Crippen molar-refractivity contribution in [1.29, 1.82) is 0 Å². The van der Waals surface area contributed by atoms with Crippen molar-refractivity contribution in [2.75, 3.05) is 11.9 Å². The van der Waals surface area contributed by atoms with Gasteiger partial charge < -0.3 is 15.4 Å². The van der Waals surface area contributed by atoms with Crippen LogP contribution in [0.15, 0.2) is 42.5 Å². The quantitative estimate of drug-likeness (QED) is 0.714. The molecule has 2 rings (SSSR count). The molecule has 0 saturated carbocycles. The number of carbonyl (C=O) groups excluding carboxylic acids is 3. The van der Waals surface area contributed by atoms with E-state index in [2.05, 4.69) is 10.6 Å². The smallest absolute Gasteiger partial charge is 0.328 e. The molecule has 142 valence electrons. The monoisotopic (exact) mass is 408 g/mol. The fraction of sp³-hybridized carbons (Fsp3) is 0.211. The second-order valence-electron chi connectivity index (χ2n) is 5.84. The van der Waals surface area contributed by atoms with Crippen LogP contribution in [0.2, 0.25) is 10.0 Å². The molecule has 0 bridgehead atoms. The molecule has 6 nitrogen and oxygen atoms in total. The molecule has 0 radical (unpaired) electrons. The number of hydrogen-bond donors (Lipinski definition) is 2. The molecule has 2 N–H and O–H groups in total. The summed E-state index contributed by atoms with van der Waals surface area (Å²) in [6, 6.07) is 10.6. The third-order valence-corrected chi connectivity index (χ3v) is 4.08. The molecule has 0 aliphatic heterocycles. The Morgan fingerprint density at radius 2 is 1.85 bits per heavy atom. The van der Waals surface area contributed by atoms with Crippen LogP contribution in [0.4, 0.5) is 5.69 Å². The van der Waals surface area contributed by atoms with E-state index in [0.717, 1.165) is 5.56 Å². The Kier molecular flexibility index (Phi) is 7.21. The first-order valence-electron chi connectivity index (χ1n) is 8.05. The summed E-state index contributed by atoms with van der Waals surface area (Å²) in [7, 11) is 0. The van der Waals surface area contributed by atoms with Gasteiger partial charge in [0.2, 0.25) is 0 Å². The minimum Gasteiger partial charge on any atom is -0.454 e. The van der Waals surface area contributed by atoms with Crippen molar-refractivity contribution >= 4 is 46.7 Å². The Hall–Kier alpha value is -2.57. The van der Waals surface area contributed by atoms with E-state index in [1.807, 2.05) is 13.0 Å². The van der Waals surface area contributed by atoms with Gasteiger partial charge >= 0.3 is 5.97 Å². The summed E-state index contributed by atoms with van der Waals surface area (Å²) in [5, 5.41) is 5.74. The van der Waals surface area contributed by atoms with Crippen LogP contribution in [0, 0.1) is 6.92 Å². The number of rotatable bonds is 6. The van der Waals surface area contributed by atoms with E-state index in [4.69, 9.17) is 27.9 Å². The Morgan fingerprint density at radius 1 is 1.11 bits per heavy atom. The number of aryl methyl sites for hydroxylation is 1. The first kappa shape index (κ1) is 20.7. The molecule has 0 fully saturated rings. The maximum Gasteiger partial charge on any atom is 0.328 e. The molecule has 0 aliphatic rings. The van der Waals surface area contributed by atoms with Crippen LogP contribution >= 0.6 is 23.2 Å². The molecular weight excluding hydrogens is 391 g/mol. The van der Waals surface area contributed by atoms with Crippen LogP contribution in [0.3, 0.4) is 0 Å². The van der Waals surface area contributed by atoms with E-state index < -0.39 is 30.4 Å². The lowest BCUT2D eigenvalue weighted by Gasteiger charge is -2.14. The van der Waals surface area contributed by atoms with E-state index in [1.54, 1.807) is 24.3 Å². The van der Waals surface area contributed by atoms with Crippen molar-refractivity contribution in [2.45, 2.75) is 19.9 Å². The summed E-state index contributed by atoms with van der Waals surface area (Å²) < 4.78 is 4.93. The Bertz CT molecular complexity index is 871. The first-order valence-corrected chi connectivity index (χ1v) is 8.81. The largest absolute Gasteiger partial charge is 0.454 e. The SMILES string of the molecule is Cc1cccc(C(=O)N[C@@H](C)C(=O)OCC(=O)Nc2ccc(Cl)cc2Cl)c1. The van der Waals surface area contributed by atoms with E-state index >= 15 is 0 Å². The second-order valence-corrected chi connectivity index (χ2v) is 6.69. The van der Waals surface area contributed by atoms with Gasteiger partial charge in [-0.1, -0.05) is 40.9 Å². The van der Waals surface area contributed by atoms with Crippen LogP contribution in [-0.4, -0.2) is 30.4 Å². The molecule has 2 aromatic rings. The first-order chi connectivity index (χ1) is 12.8. The molecule has 0 heterocycles. The van der Waals surface area contributed by atoms with Gasteiger partial charge in [-0.05, 0) is 44.2 Å². The molecule has 0 aromatic heterocycles. The molecule has 27 heavy (non-hydrogen) atoms. The highest BCUT2D eigenvalue weighted by Crippen LogP contribution is 2.25. The van der Waals surface area contributed by atoms with Crippen molar-refractivity contribution in [3.05, 3.63) is 63.6 Å². The zero-order valence-corrected chi connectivity index (χ0v) is 16.2. The van der Waals surface area contributed by atoms with Crippen LogP contribution < -0.4 is 10.6 Å². The number of hydrogen-bond acceptors (Lipinski definition) is 4. The maximum absolute atomic E-state index is 12.1. The molecule has 0 spiro atoms. The van der Waals surface area contributed by atoms with Gasteiger partial charge in [-0.2, -0.15) is 0 Å². The van der Waals surface area contributed by atoms with Gasteiger partial charge in [-0.3, -0.25) is 9.59 Å².